The number of fused-ring (bicyclic) bond motifs is 1. The normalized spacial score (nSPS) is 11.7. The molecule has 0 amide bonds. The van der Waals surface area contributed by atoms with E-state index in [9.17, 15) is 8.42 Å². The van der Waals surface area contributed by atoms with Gasteiger partial charge < -0.3 is 4.74 Å². The summed E-state index contributed by atoms with van der Waals surface area (Å²) in [4.78, 5) is 0. The molecule has 0 aliphatic rings. The minimum atomic E-state index is -3.51. The fourth-order valence-electron chi connectivity index (χ4n) is 1.63. The molecule has 6 heteroatoms. The quantitative estimate of drug-likeness (QED) is 0.936. The van der Waals surface area contributed by atoms with Gasteiger partial charge in [0.05, 0.1) is 5.75 Å². The summed E-state index contributed by atoms with van der Waals surface area (Å²) in [5, 5.41) is 7.25. The minimum Gasteiger partial charge on any atom is -0.492 e. The Morgan fingerprint density at radius 1 is 1.11 bits per heavy atom. The van der Waals surface area contributed by atoms with E-state index in [1.54, 1.807) is 12.1 Å². The largest absolute Gasteiger partial charge is 0.492 e. The standard InChI is InChI=1S/C12H12ClNO3S/c13-11-5-6-12(17-7-8-18(14,15)16)10-4-2-1-3-9(10)11/h1-6H,7-8H2,(H2,14,15,16). The van der Waals surface area contributed by atoms with Crippen LogP contribution in [0.15, 0.2) is 36.4 Å². The predicted octanol–water partition coefficient (Wildman–Crippen LogP) is 2.16. The molecular formula is C12H12ClNO3S. The second-order valence-corrected chi connectivity index (χ2v) is 5.95. The van der Waals surface area contributed by atoms with Crippen molar-refractivity contribution in [3.63, 3.8) is 0 Å². The van der Waals surface area contributed by atoms with Gasteiger partial charge in [0, 0.05) is 15.8 Å². The molecule has 0 atom stereocenters. The van der Waals surface area contributed by atoms with Crippen LogP contribution in [0.4, 0.5) is 0 Å². The molecule has 0 saturated heterocycles. The van der Waals surface area contributed by atoms with Gasteiger partial charge in [0.25, 0.3) is 0 Å². The van der Waals surface area contributed by atoms with Crippen molar-refractivity contribution in [2.24, 2.45) is 5.14 Å². The van der Waals surface area contributed by atoms with Crippen LogP contribution >= 0.6 is 11.6 Å². The van der Waals surface area contributed by atoms with Crippen molar-refractivity contribution in [2.75, 3.05) is 12.4 Å². The maximum absolute atomic E-state index is 10.8. The highest BCUT2D eigenvalue weighted by molar-refractivity contribution is 7.89. The molecule has 4 nitrogen and oxygen atoms in total. The molecule has 2 N–H and O–H groups in total. The zero-order valence-electron chi connectivity index (χ0n) is 9.47. The van der Waals surface area contributed by atoms with Gasteiger partial charge in [-0.2, -0.15) is 0 Å². The molecule has 0 fully saturated rings. The monoisotopic (exact) mass is 285 g/mol. The Kier molecular flexibility index (Phi) is 3.75. The van der Waals surface area contributed by atoms with Crippen LogP contribution in [-0.2, 0) is 10.0 Å². The summed E-state index contributed by atoms with van der Waals surface area (Å²) < 4.78 is 27.1. The molecule has 0 spiro atoms. The Bertz CT molecular complexity index is 670. The van der Waals surface area contributed by atoms with Crippen molar-refractivity contribution in [1.29, 1.82) is 0 Å². The van der Waals surface area contributed by atoms with Crippen molar-refractivity contribution in [3.05, 3.63) is 41.4 Å². The van der Waals surface area contributed by atoms with E-state index < -0.39 is 10.0 Å². The molecule has 0 unspecified atom stereocenters. The van der Waals surface area contributed by atoms with Crippen LogP contribution < -0.4 is 9.88 Å². The van der Waals surface area contributed by atoms with E-state index in [1.165, 1.54) is 0 Å². The Labute approximate surface area is 110 Å². The van der Waals surface area contributed by atoms with E-state index in [0.29, 0.717) is 10.8 Å². The van der Waals surface area contributed by atoms with Gasteiger partial charge in [-0.15, -0.1) is 0 Å². The number of halogens is 1. The lowest BCUT2D eigenvalue weighted by Crippen LogP contribution is -2.21. The molecule has 18 heavy (non-hydrogen) atoms. The van der Waals surface area contributed by atoms with E-state index in [0.717, 1.165) is 10.8 Å². The lowest BCUT2D eigenvalue weighted by Gasteiger charge is -2.09. The van der Waals surface area contributed by atoms with Gasteiger partial charge in [0.15, 0.2) is 0 Å². The van der Waals surface area contributed by atoms with Gasteiger partial charge in [-0.3, -0.25) is 0 Å². The van der Waals surface area contributed by atoms with Crippen molar-refractivity contribution in [1.82, 2.24) is 0 Å². The van der Waals surface area contributed by atoms with Crippen LogP contribution in [0.1, 0.15) is 0 Å². The molecule has 96 valence electrons. The summed E-state index contributed by atoms with van der Waals surface area (Å²) in [7, 11) is -3.51. The molecule has 0 aliphatic carbocycles. The Hall–Kier alpha value is -1.30. The van der Waals surface area contributed by atoms with Gasteiger partial charge in [-0.05, 0) is 12.1 Å². The number of nitrogens with two attached hydrogens (primary N) is 1. The van der Waals surface area contributed by atoms with Gasteiger partial charge in [0.1, 0.15) is 12.4 Å². The molecule has 2 aromatic carbocycles. The molecule has 0 aliphatic heterocycles. The first-order valence-corrected chi connectivity index (χ1v) is 7.37. The fourth-order valence-corrected chi connectivity index (χ4v) is 2.17. The highest BCUT2D eigenvalue weighted by Crippen LogP contribution is 2.31. The van der Waals surface area contributed by atoms with Crippen molar-refractivity contribution in [2.45, 2.75) is 0 Å². The second kappa shape index (κ2) is 5.14. The maximum Gasteiger partial charge on any atom is 0.212 e. The molecule has 0 bridgehead atoms. The lowest BCUT2D eigenvalue weighted by atomic mass is 10.1. The van der Waals surface area contributed by atoms with E-state index >= 15 is 0 Å². The summed E-state index contributed by atoms with van der Waals surface area (Å²) in [6, 6.07) is 10.9. The fraction of sp³-hybridized carbons (Fsp3) is 0.167. The third-order valence-corrected chi connectivity index (χ3v) is 3.52. The van der Waals surface area contributed by atoms with Crippen molar-refractivity contribution < 1.29 is 13.2 Å². The Balaban J connectivity index is 2.26. The minimum absolute atomic E-state index is 0.0183. The van der Waals surface area contributed by atoms with Crippen LogP contribution in [0.5, 0.6) is 5.75 Å². The second-order valence-electron chi connectivity index (χ2n) is 3.81. The first kappa shape index (κ1) is 13.1. The molecule has 2 rings (SSSR count). The van der Waals surface area contributed by atoms with Crippen molar-refractivity contribution in [3.8, 4) is 5.75 Å². The summed E-state index contributed by atoms with van der Waals surface area (Å²) in [5.41, 5.74) is 0. The summed E-state index contributed by atoms with van der Waals surface area (Å²) in [6.45, 7) is 0.0183. The molecule has 2 aromatic rings. The third-order valence-electron chi connectivity index (χ3n) is 2.46. The first-order chi connectivity index (χ1) is 8.47. The number of rotatable bonds is 4. The SMILES string of the molecule is NS(=O)(=O)CCOc1ccc(Cl)c2ccccc12. The van der Waals surface area contributed by atoms with Crippen LogP contribution in [-0.4, -0.2) is 20.8 Å². The molecule has 0 aromatic heterocycles. The van der Waals surface area contributed by atoms with Gasteiger partial charge in [0.2, 0.25) is 10.0 Å². The average Bonchev–Trinajstić information content (AvgIpc) is 2.31. The van der Waals surface area contributed by atoms with E-state index in [-0.39, 0.29) is 12.4 Å². The van der Waals surface area contributed by atoms with Crippen LogP contribution in [0.2, 0.25) is 5.02 Å². The molecule has 0 heterocycles. The maximum atomic E-state index is 10.8. The van der Waals surface area contributed by atoms with E-state index in [2.05, 4.69) is 0 Å². The summed E-state index contributed by atoms with van der Waals surface area (Å²) >= 11 is 6.06. The number of hydrogen-bond acceptors (Lipinski definition) is 3. The predicted molar refractivity (Wildman–Crippen MR) is 72.4 cm³/mol. The van der Waals surface area contributed by atoms with Gasteiger partial charge in [-0.1, -0.05) is 35.9 Å². The molecular weight excluding hydrogens is 274 g/mol. The Morgan fingerprint density at radius 2 is 1.78 bits per heavy atom. The molecule has 0 radical (unpaired) electrons. The highest BCUT2D eigenvalue weighted by atomic mass is 35.5. The van der Waals surface area contributed by atoms with Crippen LogP contribution in [0, 0.1) is 0 Å². The third kappa shape index (κ3) is 3.13. The van der Waals surface area contributed by atoms with E-state index in [4.69, 9.17) is 21.5 Å². The zero-order chi connectivity index (χ0) is 13.2. The summed E-state index contributed by atoms with van der Waals surface area (Å²) in [5.74, 6) is 0.378. The van der Waals surface area contributed by atoms with Crippen molar-refractivity contribution >= 4 is 32.4 Å². The zero-order valence-corrected chi connectivity index (χ0v) is 11.0. The Morgan fingerprint density at radius 3 is 2.44 bits per heavy atom. The topological polar surface area (TPSA) is 69.4 Å². The average molecular weight is 286 g/mol. The first-order valence-electron chi connectivity index (χ1n) is 5.28. The summed E-state index contributed by atoms with van der Waals surface area (Å²) in [6.07, 6.45) is 0. The number of ether oxygens (including phenoxy) is 1. The number of primary sulfonamides is 1. The number of hydrogen-bond donors (Lipinski definition) is 1. The highest BCUT2D eigenvalue weighted by Gasteiger charge is 2.07. The van der Waals surface area contributed by atoms with Gasteiger partial charge in [-0.25, -0.2) is 13.6 Å². The number of sulfonamides is 1. The smallest absolute Gasteiger partial charge is 0.212 e. The molecule has 0 saturated carbocycles. The van der Waals surface area contributed by atoms with Crippen LogP contribution in [0.3, 0.4) is 0 Å². The van der Waals surface area contributed by atoms with E-state index in [1.807, 2.05) is 24.3 Å². The van der Waals surface area contributed by atoms with Gasteiger partial charge >= 0.3 is 0 Å². The number of benzene rings is 2. The lowest BCUT2D eigenvalue weighted by molar-refractivity contribution is 0.345. The van der Waals surface area contributed by atoms with Crippen LogP contribution in [0.25, 0.3) is 10.8 Å².